The third-order valence-electron chi connectivity index (χ3n) is 11.6. The van der Waals surface area contributed by atoms with Crippen molar-refractivity contribution in [3.63, 3.8) is 0 Å². The van der Waals surface area contributed by atoms with Crippen molar-refractivity contribution in [1.29, 1.82) is 0 Å². The molecule has 18 atom stereocenters. The summed E-state index contributed by atoms with van der Waals surface area (Å²) in [4.78, 5) is 28.1. The number of carbonyl (C=O) groups excluding carboxylic acids is 1. The summed E-state index contributed by atoms with van der Waals surface area (Å²) >= 11 is 0. The third kappa shape index (κ3) is 9.80. The van der Waals surface area contributed by atoms with Crippen LogP contribution in [0, 0.1) is 28.6 Å². The van der Waals surface area contributed by atoms with Gasteiger partial charge in [0.25, 0.3) is 0 Å². The molecule has 292 valence electrons. The molecule has 14 heteroatoms. The zero-order valence-corrected chi connectivity index (χ0v) is 32.2. The minimum Gasteiger partial charge on any atom is -0.462 e. The molecule has 2 unspecified atom stereocenters. The molecule has 0 aromatic rings. The van der Waals surface area contributed by atoms with E-state index in [0.717, 1.165) is 0 Å². The lowest BCUT2D eigenvalue weighted by Crippen LogP contribution is -2.60. The zero-order valence-electron chi connectivity index (χ0n) is 32.2. The lowest BCUT2D eigenvalue weighted by atomic mass is 9.74. The summed E-state index contributed by atoms with van der Waals surface area (Å²) in [6.07, 6.45) is -7.55. The molecule has 3 saturated heterocycles. The van der Waals surface area contributed by atoms with Gasteiger partial charge in [-0.25, -0.2) is 0 Å². The molecule has 0 amide bonds. The molecular weight excluding hydrogens is 652 g/mol. The number of hydrogen-bond donors (Lipinski definition) is 4. The lowest BCUT2D eigenvalue weighted by Gasteiger charge is -2.49. The van der Waals surface area contributed by atoms with Gasteiger partial charge in [0.15, 0.2) is 12.6 Å². The van der Waals surface area contributed by atoms with Crippen LogP contribution in [0.3, 0.4) is 0 Å². The second-order valence-electron chi connectivity index (χ2n) is 16.1. The van der Waals surface area contributed by atoms with Crippen LogP contribution in [-0.4, -0.2) is 137 Å². The van der Waals surface area contributed by atoms with Crippen LogP contribution in [0.5, 0.6) is 0 Å². The first-order valence-corrected chi connectivity index (χ1v) is 18.3. The van der Waals surface area contributed by atoms with Crippen molar-refractivity contribution >= 4 is 5.97 Å². The minimum absolute atomic E-state index is 0.0264. The van der Waals surface area contributed by atoms with Crippen LogP contribution in [0.25, 0.3) is 0 Å². The SMILES string of the molecule is CC[C@@H]1C[C@H](O)[C@@H](C)C(N=O)[C@H](C)CC(C)(O)[C@H](O[C@@H]2O[C@H](C)C[C@H](N(C)C)[C@H]2O)[C@@H](C)[C@H](O[C@H]2C[C@@](C)(OC)[C@@H](O)[C@H](C)O2)[C@@H](C)C(=O)O1. The summed E-state index contributed by atoms with van der Waals surface area (Å²) in [5.41, 5.74) is -2.70. The number of rotatable bonds is 8. The minimum atomic E-state index is -1.69. The Balaban J connectivity index is 2.15. The molecule has 14 nitrogen and oxygen atoms in total. The van der Waals surface area contributed by atoms with Gasteiger partial charge in [0.05, 0.1) is 53.7 Å². The average molecular weight is 719 g/mol. The smallest absolute Gasteiger partial charge is 0.311 e. The monoisotopic (exact) mass is 718 g/mol. The summed E-state index contributed by atoms with van der Waals surface area (Å²) in [6.45, 7) is 15.8. The largest absolute Gasteiger partial charge is 0.462 e. The number of hydrogen-bond acceptors (Lipinski definition) is 14. The molecule has 3 aliphatic rings. The molecule has 0 radical (unpaired) electrons. The molecular formula is C36H66N2O12. The van der Waals surface area contributed by atoms with Crippen molar-refractivity contribution in [2.75, 3.05) is 21.2 Å². The number of nitroso groups, excluding NO2 is 1. The number of methoxy groups -OCH3 is 1. The van der Waals surface area contributed by atoms with E-state index in [4.69, 9.17) is 28.4 Å². The third-order valence-corrected chi connectivity index (χ3v) is 11.6. The van der Waals surface area contributed by atoms with Crippen LogP contribution in [0.2, 0.25) is 0 Å². The highest BCUT2D eigenvalue weighted by molar-refractivity contribution is 5.73. The van der Waals surface area contributed by atoms with Gasteiger partial charge >= 0.3 is 5.97 Å². The number of ether oxygens (including phenoxy) is 6. The van der Waals surface area contributed by atoms with E-state index >= 15 is 0 Å². The summed E-state index contributed by atoms with van der Waals surface area (Å²) in [7, 11) is 5.23. The van der Waals surface area contributed by atoms with E-state index < -0.39 is 102 Å². The molecule has 0 spiro atoms. The van der Waals surface area contributed by atoms with Gasteiger partial charge in [-0.1, -0.05) is 32.9 Å². The molecule has 50 heavy (non-hydrogen) atoms. The normalized spacial score (nSPS) is 48.9. The van der Waals surface area contributed by atoms with E-state index in [2.05, 4.69) is 5.18 Å². The maximum absolute atomic E-state index is 14.0. The Morgan fingerprint density at radius 1 is 0.960 bits per heavy atom. The van der Waals surface area contributed by atoms with E-state index in [1.165, 1.54) is 7.11 Å². The summed E-state index contributed by atoms with van der Waals surface area (Å²) in [6, 6.07) is -1.17. The highest BCUT2D eigenvalue weighted by Crippen LogP contribution is 2.41. The van der Waals surface area contributed by atoms with Crippen molar-refractivity contribution in [2.24, 2.45) is 28.8 Å². The Bertz CT molecular complexity index is 1100. The fourth-order valence-corrected chi connectivity index (χ4v) is 8.30. The number of carbonyl (C=O) groups is 1. The van der Waals surface area contributed by atoms with Gasteiger partial charge in [0, 0.05) is 37.8 Å². The first kappa shape index (κ1) is 43.1. The molecule has 0 aliphatic carbocycles. The van der Waals surface area contributed by atoms with Gasteiger partial charge in [0.1, 0.15) is 18.3 Å². The van der Waals surface area contributed by atoms with Crippen molar-refractivity contribution in [2.45, 2.75) is 179 Å². The van der Waals surface area contributed by atoms with Gasteiger partial charge in [0.2, 0.25) is 0 Å². The molecule has 0 aromatic heterocycles. The van der Waals surface area contributed by atoms with Crippen LogP contribution < -0.4 is 0 Å². The van der Waals surface area contributed by atoms with E-state index in [1.807, 2.05) is 32.8 Å². The Morgan fingerprint density at radius 2 is 1.60 bits per heavy atom. The maximum atomic E-state index is 14.0. The van der Waals surface area contributed by atoms with Gasteiger partial charge in [-0.2, -0.15) is 4.91 Å². The van der Waals surface area contributed by atoms with Gasteiger partial charge in [-0.15, -0.1) is 0 Å². The average Bonchev–Trinajstić information content (AvgIpc) is 3.04. The van der Waals surface area contributed by atoms with Crippen LogP contribution >= 0.6 is 0 Å². The number of aliphatic hydroxyl groups is 4. The van der Waals surface area contributed by atoms with Gasteiger partial charge < -0.3 is 53.7 Å². The van der Waals surface area contributed by atoms with Crippen molar-refractivity contribution < 1.29 is 53.6 Å². The number of esters is 1. The number of cyclic esters (lactones) is 1. The van der Waals surface area contributed by atoms with Crippen LogP contribution in [0.15, 0.2) is 5.18 Å². The molecule has 0 saturated carbocycles. The van der Waals surface area contributed by atoms with Crippen molar-refractivity contribution in [1.82, 2.24) is 4.90 Å². The first-order valence-electron chi connectivity index (χ1n) is 18.3. The molecule has 0 bridgehead atoms. The van der Waals surface area contributed by atoms with Crippen molar-refractivity contribution in [3.8, 4) is 0 Å². The summed E-state index contributed by atoms with van der Waals surface area (Å²) in [5.74, 6) is -3.38. The second-order valence-corrected chi connectivity index (χ2v) is 16.1. The highest BCUT2D eigenvalue weighted by atomic mass is 16.7. The topological polar surface area (TPSA) is 186 Å². The van der Waals surface area contributed by atoms with Gasteiger partial charge in [-0.3, -0.25) is 4.79 Å². The highest BCUT2D eigenvalue weighted by Gasteiger charge is 2.52. The lowest BCUT2D eigenvalue weighted by molar-refractivity contribution is -0.318. The Labute approximate surface area is 298 Å². The second kappa shape index (κ2) is 17.7. The molecule has 3 fully saturated rings. The quantitative estimate of drug-likeness (QED) is 0.212. The van der Waals surface area contributed by atoms with Crippen LogP contribution in [0.1, 0.15) is 94.4 Å². The number of nitrogens with zero attached hydrogens (tertiary/aromatic N) is 2. The molecule has 3 heterocycles. The van der Waals surface area contributed by atoms with Crippen LogP contribution in [-0.2, 0) is 33.2 Å². The number of aliphatic hydroxyl groups excluding tert-OH is 3. The summed E-state index contributed by atoms with van der Waals surface area (Å²) in [5, 5.41) is 49.4. The fraction of sp³-hybridized carbons (Fsp3) is 0.972. The van der Waals surface area contributed by atoms with Crippen LogP contribution in [0.4, 0.5) is 0 Å². The van der Waals surface area contributed by atoms with E-state index in [1.54, 1.807) is 48.5 Å². The molecule has 0 aromatic carbocycles. The maximum Gasteiger partial charge on any atom is 0.311 e. The molecule has 4 N–H and O–H groups in total. The Morgan fingerprint density at radius 3 is 2.16 bits per heavy atom. The standard InChI is InChI=1S/C36H66N2O12/c1-13-24-15-26(39)20(4)28(37-44)18(2)16-35(8,43)32(50-34-29(40)25(38(10)11)14-19(3)46-34)21(5)30(22(6)33(42)48-24)49-27-17-36(9,45-12)31(41)23(7)47-27/h18-32,34,39-41,43H,13-17H2,1-12H3/t18-,19-,20-,21+,22-,23+,24-,25+,26+,27+,28?,29-,30+,31+,32-,34+,35?,36-/m1/s1. The Kier molecular flexibility index (Phi) is 15.2. The van der Waals surface area contributed by atoms with E-state index in [-0.39, 0.29) is 31.4 Å². The molecule has 3 aliphatic heterocycles. The van der Waals surface area contributed by atoms with E-state index in [9.17, 15) is 30.1 Å². The predicted octanol–water partition coefficient (Wildman–Crippen LogP) is 2.99. The zero-order chi connectivity index (χ0) is 37.9. The van der Waals surface area contributed by atoms with E-state index in [0.29, 0.717) is 12.8 Å². The predicted molar refractivity (Wildman–Crippen MR) is 185 cm³/mol. The molecule has 3 rings (SSSR count). The first-order chi connectivity index (χ1) is 23.2. The fourth-order valence-electron chi connectivity index (χ4n) is 8.30. The Hall–Kier alpha value is -1.33. The van der Waals surface area contributed by atoms with Gasteiger partial charge in [-0.05, 0) is 73.9 Å². The number of likely N-dealkylation sites (N-methyl/N-ethyl adjacent to an activating group) is 1. The van der Waals surface area contributed by atoms with Crippen molar-refractivity contribution in [3.05, 3.63) is 4.91 Å². The summed E-state index contributed by atoms with van der Waals surface area (Å²) < 4.78 is 37.3.